The first-order valence-corrected chi connectivity index (χ1v) is 7.72. The average Bonchev–Trinajstić information content (AvgIpc) is 2.44. The first kappa shape index (κ1) is 15.1. The van der Waals surface area contributed by atoms with Gasteiger partial charge < -0.3 is 15.3 Å². The maximum Gasteiger partial charge on any atom is 0.221 e. The van der Waals surface area contributed by atoms with Crippen LogP contribution in [0, 0.1) is 0 Å². The predicted octanol–water partition coefficient (Wildman–Crippen LogP) is 1.62. The Kier molecular flexibility index (Phi) is 4.88. The molecule has 0 aromatic carbocycles. The predicted molar refractivity (Wildman–Crippen MR) is 80.8 cm³/mol. The highest BCUT2D eigenvalue weighted by Gasteiger charge is 2.33. The van der Waals surface area contributed by atoms with Gasteiger partial charge in [-0.05, 0) is 25.5 Å². The number of hydrogen-bond acceptors (Lipinski definition) is 5. The van der Waals surface area contributed by atoms with Crippen molar-refractivity contribution in [3.05, 3.63) is 18.3 Å². The molecule has 1 aliphatic heterocycles. The standard InChI is InChI=1S/C14H21N3O2S/c1-4-9(2)16-12(18)8-11-14(19)17(3)10-6-5-7-15-13(10)20-11/h5-7,9,11,14,19H,4,8H2,1-3H3,(H,16,18). The summed E-state index contributed by atoms with van der Waals surface area (Å²) in [6.45, 7) is 4.01. The summed E-state index contributed by atoms with van der Waals surface area (Å²) in [6, 6.07) is 3.93. The lowest BCUT2D eigenvalue weighted by Gasteiger charge is -2.36. The molecule has 1 aromatic heterocycles. The molecule has 2 rings (SSSR count). The lowest BCUT2D eigenvalue weighted by Crippen LogP contribution is -2.45. The monoisotopic (exact) mass is 295 g/mol. The molecule has 0 radical (unpaired) electrons. The first-order chi connectivity index (χ1) is 9.52. The minimum Gasteiger partial charge on any atom is -0.372 e. The summed E-state index contributed by atoms with van der Waals surface area (Å²) in [7, 11) is 1.82. The van der Waals surface area contributed by atoms with Crippen LogP contribution in [0.1, 0.15) is 26.7 Å². The topological polar surface area (TPSA) is 65.5 Å². The van der Waals surface area contributed by atoms with Crippen molar-refractivity contribution in [2.24, 2.45) is 0 Å². The number of fused-ring (bicyclic) bond motifs is 1. The molecule has 0 spiro atoms. The molecule has 1 aliphatic rings. The zero-order valence-corrected chi connectivity index (χ0v) is 12.9. The third-order valence-corrected chi connectivity index (χ3v) is 4.78. The average molecular weight is 295 g/mol. The van der Waals surface area contributed by atoms with Gasteiger partial charge in [0.05, 0.1) is 10.9 Å². The Bertz CT molecular complexity index is 483. The molecule has 0 saturated carbocycles. The minimum absolute atomic E-state index is 0.0244. The second-order valence-corrected chi connectivity index (χ2v) is 6.32. The van der Waals surface area contributed by atoms with Crippen molar-refractivity contribution < 1.29 is 9.90 Å². The van der Waals surface area contributed by atoms with Crippen molar-refractivity contribution in [3.63, 3.8) is 0 Å². The number of carbonyl (C=O) groups is 1. The summed E-state index contributed by atoms with van der Waals surface area (Å²) in [5.41, 5.74) is 0.906. The van der Waals surface area contributed by atoms with E-state index >= 15 is 0 Å². The molecule has 2 N–H and O–H groups in total. The highest BCUT2D eigenvalue weighted by molar-refractivity contribution is 8.00. The van der Waals surface area contributed by atoms with E-state index < -0.39 is 6.23 Å². The molecule has 1 aromatic rings. The van der Waals surface area contributed by atoms with Crippen LogP contribution in [0.2, 0.25) is 0 Å². The molecular weight excluding hydrogens is 274 g/mol. The molecule has 3 atom stereocenters. The number of aromatic nitrogens is 1. The van der Waals surface area contributed by atoms with Crippen molar-refractivity contribution >= 4 is 23.4 Å². The molecule has 0 fully saturated rings. The van der Waals surface area contributed by atoms with Gasteiger partial charge in [-0.2, -0.15) is 0 Å². The SMILES string of the molecule is CCC(C)NC(=O)CC1Sc2ncccc2N(C)C1O. The number of hydrogen-bond donors (Lipinski definition) is 2. The molecule has 110 valence electrons. The van der Waals surface area contributed by atoms with Gasteiger partial charge in [0, 0.05) is 25.7 Å². The van der Waals surface area contributed by atoms with Crippen LogP contribution in [-0.2, 0) is 4.79 Å². The number of rotatable bonds is 4. The van der Waals surface area contributed by atoms with Gasteiger partial charge in [0.1, 0.15) is 11.3 Å². The number of aliphatic hydroxyl groups excluding tert-OH is 1. The second-order valence-electron chi connectivity index (χ2n) is 5.09. The van der Waals surface area contributed by atoms with Crippen LogP contribution in [0.4, 0.5) is 5.69 Å². The Morgan fingerprint density at radius 1 is 1.65 bits per heavy atom. The number of anilines is 1. The van der Waals surface area contributed by atoms with Crippen LogP contribution in [0.25, 0.3) is 0 Å². The number of thioether (sulfide) groups is 1. The Morgan fingerprint density at radius 3 is 3.10 bits per heavy atom. The zero-order valence-electron chi connectivity index (χ0n) is 12.0. The lowest BCUT2D eigenvalue weighted by molar-refractivity contribution is -0.122. The van der Waals surface area contributed by atoms with Crippen molar-refractivity contribution in [2.45, 2.75) is 49.2 Å². The number of nitrogens with zero attached hydrogens (tertiary/aromatic N) is 2. The fourth-order valence-electron chi connectivity index (χ4n) is 2.10. The van der Waals surface area contributed by atoms with Gasteiger partial charge in [-0.1, -0.05) is 18.7 Å². The van der Waals surface area contributed by atoms with Crippen LogP contribution in [-0.4, -0.2) is 40.6 Å². The van der Waals surface area contributed by atoms with E-state index in [1.807, 2.05) is 33.0 Å². The highest BCUT2D eigenvalue weighted by Crippen LogP contribution is 2.39. The fraction of sp³-hybridized carbons (Fsp3) is 0.571. The van der Waals surface area contributed by atoms with Gasteiger partial charge in [0.25, 0.3) is 0 Å². The molecule has 0 aliphatic carbocycles. The van der Waals surface area contributed by atoms with Crippen LogP contribution < -0.4 is 10.2 Å². The summed E-state index contributed by atoms with van der Waals surface area (Å²) in [5.74, 6) is -0.0244. The van der Waals surface area contributed by atoms with E-state index in [1.165, 1.54) is 11.8 Å². The van der Waals surface area contributed by atoms with E-state index in [4.69, 9.17) is 0 Å². The Hall–Kier alpha value is -1.27. The number of amides is 1. The number of carbonyl (C=O) groups excluding carboxylic acids is 1. The Labute approximate surface area is 123 Å². The van der Waals surface area contributed by atoms with E-state index in [-0.39, 0.29) is 23.6 Å². The summed E-state index contributed by atoms with van der Waals surface area (Å²) in [4.78, 5) is 18.1. The molecule has 0 saturated heterocycles. The maximum absolute atomic E-state index is 12.0. The molecule has 5 nitrogen and oxygen atoms in total. The molecule has 20 heavy (non-hydrogen) atoms. The number of nitrogens with one attached hydrogen (secondary N) is 1. The molecule has 6 heteroatoms. The van der Waals surface area contributed by atoms with Crippen LogP contribution in [0.15, 0.2) is 23.4 Å². The van der Waals surface area contributed by atoms with Gasteiger partial charge >= 0.3 is 0 Å². The summed E-state index contributed by atoms with van der Waals surface area (Å²) >= 11 is 1.47. The molecule has 2 heterocycles. The molecule has 1 amide bonds. The van der Waals surface area contributed by atoms with Crippen LogP contribution in [0.3, 0.4) is 0 Å². The Morgan fingerprint density at radius 2 is 2.40 bits per heavy atom. The van der Waals surface area contributed by atoms with E-state index in [2.05, 4.69) is 10.3 Å². The first-order valence-electron chi connectivity index (χ1n) is 6.84. The van der Waals surface area contributed by atoms with Gasteiger partial charge in [-0.3, -0.25) is 4.79 Å². The van der Waals surface area contributed by atoms with Gasteiger partial charge in [0.2, 0.25) is 5.91 Å². The Balaban J connectivity index is 2.05. The number of pyridine rings is 1. The van der Waals surface area contributed by atoms with Gasteiger partial charge in [-0.15, -0.1) is 0 Å². The fourth-order valence-corrected chi connectivity index (χ4v) is 3.38. The van der Waals surface area contributed by atoms with Crippen LogP contribution >= 0.6 is 11.8 Å². The highest BCUT2D eigenvalue weighted by atomic mass is 32.2. The van der Waals surface area contributed by atoms with Gasteiger partial charge in [0.15, 0.2) is 0 Å². The van der Waals surface area contributed by atoms with Crippen molar-refractivity contribution in [1.29, 1.82) is 0 Å². The molecule has 0 bridgehead atoms. The second kappa shape index (κ2) is 6.45. The van der Waals surface area contributed by atoms with Crippen molar-refractivity contribution in [3.8, 4) is 0 Å². The van der Waals surface area contributed by atoms with E-state index in [0.717, 1.165) is 17.1 Å². The third kappa shape index (κ3) is 3.24. The summed E-state index contributed by atoms with van der Waals surface area (Å²) in [6.07, 6.45) is 2.24. The van der Waals surface area contributed by atoms with Gasteiger partial charge in [-0.25, -0.2) is 4.98 Å². The molecular formula is C14H21N3O2S. The number of aliphatic hydroxyl groups is 1. The lowest BCUT2D eigenvalue weighted by atomic mass is 10.2. The zero-order chi connectivity index (χ0) is 14.7. The van der Waals surface area contributed by atoms with Crippen LogP contribution in [0.5, 0.6) is 0 Å². The maximum atomic E-state index is 12.0. The third-order valence-electron chi connectivity index (χ3n) is 3.53. The smallest absolute Gasteiger partial charge is 0.221 e. The largest absolute Gasteiger partial charge is 0.372 e. The normalized spacial score (nSPS) is 23.1. The van der Waals surface area contributed by atoms with Crippen molar-refractivity contribution in [2.75, 3.05) is 11.9 Å². The van der Waals surface area contributed by atoms with Crippen molar-refractivity contribution in [1.82, 2.24) is 10.3 Å². The quantitative estimate of drug-likeness (QED) is 0.883. The minimum atomic E-state index is -0.681. The summed E-state index contributed by atoms with van der Waals surface area (Å²) in [5, 5.41) is 13.9. The van der Waals surface area contributed by atoms with E-state index in [0.29, 0.717) is 0 Å². The summed E-state index contributed by atoms with van der Waals surface area (Å²) < 4.78 is 0. The van der Waals surface area contributed by atoms with E-state index in [9.17, 15) is 9.90 Å². The van der Waals surface area contributed by atoms with E-state index in [1.54, 1.807) is 11.1 Å². The molecule has 3 unspecified atom stereocenters.